The topological polar surface area (TPSA) is 30.5 Å². The average molecular weight is 402 g/mol. The standard InChI is InChI=1S/C23H24FNO2.ClH/c1-26-23-15-19(16-25-14-13-20-9-5-6-10-21(20)24)11-12-22(23)27-17-18-7-3-2-4-8-18;/h2-12,15,25H,13-14,16-17H2,1H3;1H. The maximum Gasteiger partial charge on any atom is 0.161 e. The van der Waals surface area contributed by atoms with E-state index in [1.54, 1.807) is 13.2 Å². The van der Waals surface area contributed by atoms with Gasteiger partial charge in [-0.25, -0.2) is 4.39 Å². The van der Waals surface area contributed by atoms with Crippen molar-refractivity contribution in [3.63, 3.8) is 0 Å². The SMILES string of the molecule is COc1cc(CNCCc2ccccc2F)ccc1OCc1ccccc1.Cl. The lowest BCUT2D eigenvalue weighted by molar-refractivity contribution is 0.284. The van der Waals surface area contributed by atoms with Gasteiger partial charge in [-0.3, -0.25) is 0 Å². The van der Waals surface area contributed by atoms with Gasteiger partial charge in [0.15, 0.2) is 11.5 Å². The maximum atomic E-state index is 13.6. The van der Waals surface area contributed by atoms with Gasteiger partial charge in [-0.1, -0.05) is 54.6 Å². The molecule has 3 rings (SSSR count). The number of methoxy groups -OCH3 is 1. The second-order valence-electron chi connectivity index (χ2n) is 6.28. The highest BCUT2D eigenvalue weighted by molar-refractivity contribution is 5.85. The molecule has 3 nitrogen and oxygen atoms in total. The second kappa shape index (κ2) is 11.3. The number of halogens is 2. The van der Waals surface area contributed by atoms with Crippen molar-refractivity contribution in [3.8, 4) is 11.5 Å². The molecular formula is C23H25ClFNO2. The molecule has 0 aliphatic heterocycles. The van der Waals surface area contributed by atoms with Crippen LogP contribution >= 0.6 is 12.4 Å². The van der Waals surface area contributed by atoms with Crippen LogP contribution in [-0.2, 0) is 19.6 Å². The number of hydrogen-bond donors (Lipinski definition) is 1. The van der Waals surface area contributed by atoms with Crippen LogP contribution in [0.1, 0.15) is 16.7 Å². The van der Waals surface area contributed by atoms with Crippen molar-refractivity contribution in [3.05, 3.63) is 95.3 Å². The molecule has 0 heterocycles. The Labute approximate surface area is 171 Å². The Morgan fingerprint density at radius 3 is 2.36 bits per heavy atom. The van der Waals surface area contributed by atoms with Crippen LogP contribution in [0.5, 0.6) is 11.5 Å². The lowest BCUT2D eigenvalue weighted by atomic mass is 10.1. The van der Waals surface area contributed by atoms with Gasteiger partial charge < -0.3 is 14.8 Å². The summed E-state index contributed by atoms with van der Waals surface area (Å²) in [6.07, 6.45) is 0.655. The molecule has 0 aliphatic rings. The van der Waals surface area contributed by atoms with Crippen LogP contribution in [0.25, 0.3) is 0 Å². The Kier molecular flexibility index (Phi) is 8.79. The van der Waals surface area contributed by atoms with Crippen molar-refractivity contribution in [2.45, 2.75) is 19.6 Å². The largest absolute Gasteiger partial charge is 0.493 e. The molecule has 0 unspecified atom stereocenters. The van der Waals surface area contributed by atoms with Crippen LogP contribution in [0, 0.1) is 5.82 Å². The number of rotatable bonds is 9. The molecule has 0 aromatic heterocycles. The monoisotopic (exact) mass is 401 g/mol. The third-order valence-electron chi connectivity index (χ3n) is 4.32. The summed E-state index contributed by atoms with van der Waals surface area (Å²) in [5.41, 5.74) is 2.93. The molecule has 3 aromatic carbocycles. The third kappa shape index (κ3) is 6.25. The zero-order chi connectivity index (χ0) is 18.9. The highest BCUT2D eigenvalue weighted by Crippen LogP contribution is 2.28. The quantitative estimate of drug-likeness (QED) is 0.502. The van der Waals surface area contributed by atoms with Crippen molar-refractivity contribution in [1.82, 2.24) is 5.32 Å². The van der Waals surface area contributed by atoms with E-state index in [4.69, 9.17) is 9.47 Å². The Hall–Kier alpha value is -2.56. The fraction of sp³-hybridized carbons (Fsp3) is 0.217. The molecule has 3 aromatic rings. The zero-order valence-electron chi connectivity index (χ0n) is 15.9. The van der Waals surface area contributed by atoms with Gasteiger partial charge in [-0.05, 0) is 47.9 Å². The molecule has 0 aliphatic carbocycles. The second-order valence-corrected chi connectivity index (χ2v) is 6.28. The Balaban J connectivity index is 0.00000280. The van der Waals surface area contributed by atoms with Gasteiger partial charge in [-0.2, -0.15) is 0 Å². The van der Waals surface area contributed by atoms with Crippen molar-refractivity contribution in [1.29, 1.82) is 0 Å². The Morgan fingerprint density at radius 1 is 0.857 bits per heavy atom. The van der Waals surface area contributed by atoms with E-state index in [1.165, 1.54) is 6.07 Å². The van der Waals surface area contributed by atoms with E-state index in [0.717, 1.165) is 22.4 Å². The fourth-order valence-corrected chi connectivity index (χ4v) is 2.83. The van der Waals surface area contributed by atoms with Crippen molar-refractivity contribution in [2.24, 2.45) is 0 Å². The van der Waals surface area contributed by atoms with Gasteiger partial charge in [0.25, 0.3) is 0 Å². The van der Waals surface area contributed by atoms with Crippen molar-refractivity contribution < 1.29 is 13.9 Å². The minimum absolute atomic E-state index is 0. The number of ether oxygens (including phenoxy) is 2. The van der Waals surface area contributed by atoms with E-state index in [-0.39, 0.29) is 18.2 Å². The average Bonchev–Trinajstić information content (AvgIpc) is 2.72. The molecule has 0 atom stereocenters. The van der Waals surface area contributed by atoms with E-state index in [2.05, 4.69) is 5.32 Å². The van der Waals surface area contributed by atoms with Gasteiger partial charge in [0, 0.05) is 6.54 Å². The molecule has 0 saturated carbocycles. The molecule has 5 heteroatoms. The number of benzene rings is 3. The van der Waals surface area contributed by atoms with Gasteiger partial charge in [0.2, 0.25) is 0 Å². The summed E-state index contributed by atoms with van der Waals surface area (Å²) in [5, 5.41) is 3.34. The molecule has 0 amide bonds. The summed E-state index contributed by atoms with van der Waals surface area (Å²) < 4.78 is 25.0. The summed E-state index contributed by atoms with van der Waals surface area (Å²) in [7, 11) is 1.64. The van der Waals surface area contributed by atoms with Gasteiger partial charge in [0.05, 0.1) is 7.11 Å². The van der Waals surface area contributed by atoms with E-state index >= 15 is 0 Å². The fourth-order valence-electron chi connectivity index (χ4n) is 2.83. The first-order valence-electron chi connectivity index (χ1n) is 9.04. The first-order valence-corrected chi connectivity index (χ1v) is 9.04. The minimum atomic E-state index is -0.152. The molecule has 148 valence electrons. The van der Waals surface area contributed by atoms with Crippen LogP contribution in [-0.4, -0.2) is 13.7 Å². The predicted molar refractivity (Wildman–Crippen MR) is 113 cm³/mol. The van der Waals surface area contributed by atoms with Gasteiger partial charge in [-0.15, -0.1) is 12.4 Å². The van der Waals surface area contributed by atoms with E-state index in [1.807, 2.05) is 60.7 Å². The van der Waals surface area contributed by atoms with Gasteiger partial charge >= 0.3 is 0 Å². The normalized spacial score (nSPS) is 10.2. The third-order valence-corrected chi connectivity index (χ3v) is 4.32. The smallest absolute Gasteiger partial charge is 0.161 e. The van der Waals surface area contributed by atoms with Crippen LogP contribution in [0.4, 0.5) is 4.39 Å². The van der Waals surface area contributed by atoms with E-state index in [9.17, 15) is 4.39 Å². The van der Waals surface area contributed by atoms with Gasteiger partial charge in [0.1, 0.15) is 12.4 Å². The molecule has 0 fully saturated rings. The molecule has 0 spiro atoms. The highest BCUT2D eigenvalue weighted by Gasteiger charge is 2.07. The van der Waals surface area contributed by atoms with Crippen LogP contribution < -0.4 is 14.8 Å². The maximum absolute atomic E-state index is 13.6. The molecule has 0 saturated heterocycles. The highest BCUT2D eigenvalue weighted by atomic mass is 35.5. The summed E-state index contributed by atoms with van der Waals surface area (Å²) in [6, 6.07) is 22.8. The number of nitrogens with one attached hydrogen (secondary N) is 1. The molecule has 0 radical (unpaired) electrons. The minimum Gasteiger partial charge on any atom is -0.493 e. The van der Waals surface area contributed by atoms with E-state index in [0.29, 0.717) is 31.9 Å². The summed E-state index contributed by atoms with van der Waals surface area (Å²) in [5.74, 6) is 1.27. The molecule has 28 heavy (non-hydrogen) atoms. The van der Waals surface area contributed by atoms with Crippen LogP contribution in [0.15, 0.2) is 72.8 Å². The van der Waals surface area contributed by atoms with Crippen LogP contribution in [0.2, 0.25) is 0 Å². The number of hydrogen-bond acceptors (Lipinski definition) is 3. The lowest BCUT2D eigenvalue weighted by Crippen LogP contribution is -2.17. The summed E-state index contributed by atoms with van der Waals surface area (Å²) in [6.45, 7) is 1.89. The van der Waals surface area contributed by atoms with E-state index < -0.39 is 0 Å². The first kappa shape index (κ1) is 21.7. The lowest BCUT2D eigenvalue weighted by Gasteiger charge is -2.13. The molecule has 1 N–H and O–H groups in total. The summed E-state index contributed by atoms with van der Waals surface area (Å²) >= 11 is 0. The first-order chi connectivity index (χ1) is 13.3. The molecular weight excluding hydrogens is 377 g/mol. The Bertz CT molecular complexity index is 858. The van der Waals surface area contributed by atoms with Crippen molar-refractivity contribution in [2.75, 3.05) is 13.7 Å². The summed E-state index contributed by atoms with van der Waals surface area (Å²) in [4.78, 5) is 0. The molecule has 0 bridgehead atoms. The predicted octanol–water partition coefficient (Wildman–Crippen LogP) is 5.17. The van der Waals surface area contributed by atoms with Crippen LogP contribution in [0.3, 0.4) is 0 Å². The van der Waals surface area contributed by atoms with Crippen molar-refractivity contribution >= 4 is 12.4 Å². The Morgan fingerprint density at radius 2 is 1.61 bits per heavy atom. The zero-order valence-corrected chi connectivity index (χ0v) is 16.7.